The fourth-order valence-electron chi connectivity index (χ4n) is 3.72. The Morgan fingerprint density at radius 1 is 1.26 bits per heavy atom. The van der Waals surface area contributed by atoms with Crippen molar-refractivity contribution in [1.29, 1.82) is 0 Å². The number of carbonyl (C=O) groups excluding carboxylic acids is 1. The molecule has 1 aromatic rings. The van der Waals surface area contributed by atoms with Crippen LogP contribution in [0.1, 0.15) is 24.5 Å². The molecule has 1 aromatic carbocycles. The van der Waals surface area contributed by atoms with Gasteiger partial charge in [0.1, 0.15) is 11.9 Å². The van der Waals surface area contributed by atoms with Crippen molar-refractivity contribution in [1.82, 2.24) is 20.4 Å². The molecule has 2 aliphatic rings. The van der Waals surface area contributed by atoms with E-state index in [0.717, 1.165) is 69.6 Å². The number of benzene rings is 1. The Morgan fingerprint density at radius 3 is 2.68 bits per heavy atom. The molecule has 9 heteroatoms. The van der Waals surface area contributed by atoms with Crippen LogP contribution in [0.4, 0.5) is 0 Å². The molecular weight excluding hydrogens is 509 g/mol. The molecule has 2 N–H and O–H groups in total. The Kier molecular flexibility index (Phi) is 10.8. The average molecular weight is 545 g/mol. The summed E-state index contributed by atoms with van der Waals surface area (Å²) in [5.74, 6) is 1.85. The number of hydrogen-bond acceptors (Lipinski definition) is 5. The van der Waals surface area contributed by atoms with Crippen molar-refractivity contribution in [2.75, 3.05) is 59.5 Å². The Labute approximate surface area is 202 Å². The molecule has 2 heterocycles. The number of hydrogen-bond donors (Lipinski definition) is 2. The SMILES string of the molecule is CN=C(NCCN1CCN(C(C)=O)CC1)NCc1ccc(C)cc1OC1CCOC1.I. The normalized spacial score (nSPS) is 19.6. The van der Waals surface area contributed by atoms with E-state index in [4.69, 9.17) is 9.47 Å². The van der Waals surface area contributed by atoms with Gasteiger partial charge in [0.2, 0.25) is 5.91 Å². The number of aryl methyl sites for hydroxylation is 1. The second kappa shape index (κ2) is 13.1. The molecule has 1 atom stereocenters. The van der Waals surface area contributed by atoms with Crippen molar-refractivity contribution < 1.29 is 14.3 Å². The third-order valence-corrected chi connectivity index (χ3v) is 5.61. The van der Waals surface area contributed by atoms with E-state index in [1.807, 2.05) is 4.90 Å². The van der Waals surface area contributed by atoms with Gasteiger partial charge in [0.05, 0.1) is 13.2 Å². The molecule has 0 radical (unpaired) electrons. The molecule has 2 saturated heterocycles. The number of nitrogens with one attached hydrogen (secondary N) is 2. The molecule has 0 bridgehead atoms. The van der Waals surface area contributed by atoms with Crippen LogP contribution in [0.3, 0.4) is 0 Å². The van der Waals surface area contributed by atoms with Crippen molar-refractivity contribution in [3.05, 3.63) is 29.3 Å². The lowest BCUT2D eigenvalue weighted by Crippen LogP contribution is -2.50. The van der Waals surface area contributed by atoms with E-state index in [0.29, 0.717) is 13.2 Å². The van der Waals surface area contributed by atoms with Crippen LogP contribution in [0.5, 0.6) is 5.75 Å². The van der Waals surface area contributed by atoms with E-state index < -0.39 is 0 Å². The minimum Gasteiger partial charge on any atom is -0.488 e. The van der Waals surface area contributed by atoms with E-state index in [2.05, 4.69) is 45.6 Å². The molecular formula is C22H36IN5O3. The molecule has 2 aliphatic heterocycles. The lowest BCUT2D eigenvalue weighted by molar-refractivity contribution is -0.130. The average Bonchev–Trinajstić information content (AvgIpc) is 3.25. The molecule has 0 aliphatic carbocycles. The molecule has 0 saturated carbocycles. The number of aliphatic imine (C=N–C) groups is 1. The van der Waals surface area contributed by atoms with Crippen molar-refractivity contribution in [2.24, 2.45) is 4.99 Å². The minimum absolute atomic E-state index is 0. The highest BCUT2D eigenvalue weighted by molar-refractivity contribution is 14.0. The van der Waals surface area contributed by atoms with E-state index in [1.165, 1.54) is 5.56 Å². The van der Waals surface area contributed by atoms with Crippen LogP contribution in [-0.4, -0.2) is 87.3 Å². The van der Waals surface area contributed by atoms with Crippen LogP contribution >= 0.6 is 24.0 Å². The fraction of sp³-hybridized carbons (Fsp3) is 0.636. The van der Waals surface area contributed by atoms with Crippen molar-refractivity contribution in [2.45, 2.75) is 32.9 Å². The van der Waals surface area contributed by atoms with Crippen molar-refractivity contribution >= 4 is 35.8 Å². The summed E-state index contributed by atoms with van der Waals surface area (Å²) in [4.78, 5) is 20.0. The van der Waals surface area contributed by atoms with Gasteiger partial charge in [0.15, 0.2) is 5.96 Å². The summed E-state index contributed by atoms with van der Waals surface area (Å²) in [5.41, 5.74) is 2.29. The molecule has 2 fully saturated rings. The first-order valence-electron chi connectivity index (χ1n) is 10.8. The van der Waals surface area contributed by atoms with Crippen molar-refractivity contribution in [3.8, 4) is 5.75 Å². The van der Waals surface area contributed by atoms with Gasteiger partial charge < -0.3 is 25.0 Å². The number of halogens is 1. The smallest absolute Gasteiger partial charge is 0.219 e. The van der Waals surface area contributed by atoms with E-state index in [9.17, 15) is 4.79 Å². The topological polar surface area (TPSA) is 78.4 Å². The van der Waals surface area contributed by atoms with Gasteiger partial charge in [-0.2, -0.15) is 0 Å². The summed E-state index contributed by atoms with van der Waals surface area (Å²) < 4.78 is 11.6. The van der Waals surface area contributed by atoms with Gasteiger partial charge in [-0.05, 0) is 18.6 Å². The highest BCUT2D eigenvalue weighted by atomic mass is 127. The predicted molar refractivity (Wildman–Crippen MR) is 133 cm³/mol. The van der Waals surface area contributed by atoms with Crippen LogP contribution in [0.25, 0.3) is 0 Å². The Balaban J connectivity index is 0.00000341. The highest BCUT2D eigenvalue weighted by Gasteiger charge is 2.19. The van der Waals surface area contributed by atoms with Gasteiger partial charge in [-0.3, -0.25) is 14.7 Å². The van der Waals surface area contributed by atoms with Crippen LogP contribution in [-0.2, 0) is 16.1 Å². The second-order valence-electron chi connectivity index (χ2n) is 7.91. The summed E-state index contributed by atoms with van der Waals surface area (Å²) >= 11 is 0. The second-order valence-corrected chi connectivity index (χ2v) is 7.91. The molecule has 8 nitrogen and oxygen atoms in total. The zero-order valence-corrected chi connectivity index (χ0v) is 21.2. The fourth-order valence-corrected chi connectivity index (χ4v) is 3.72. The van der Waals surface area contributed by atoms with Gasteiger partial charge >= 0.3 is 0 Å². The van der Waals surface area contributed by atoms with E-state index in [1.54, 1.807) is 14.0 Å². The van der Waals surface area contributed by atoms with Crippen LogP contribution < -0.4 is 15.4 Å². The van der Waals surface area contributed by atoms with Gasteiger partial charge in [-0.15, -0.1) is 24.0 Å². The first kappa shape index (κ1) is 25.7. The quantitative estimate of drug-likeness (QED) is 0.308. The zero-order chi connectivity index (χ0) is 21.3. The first-order valence-corrected chi connectivity index (χ1v) is 10.8. The third-order valence-electron chi connectivity index (χ3n) is 5.61. The molecule has 1 unspecified atom stereocenters. The maximum absolute atomic E-state index is 11.4. The van der Waals surface area contributed by atoms with Crippen molar-refractivity contribution in [3.63, 3.8) is 0 Å². The largest absolute Gasteiger partial charge is 0.488 e. The number of guanidine groups is 1. The van der Waals surface area contributed by atoms with E-state index >= 15 is 0 Å². The molecule has 0 aromatic heterocycles. The standard InChI is InChI=1S/C22H35N5O3.HI/c1-17-4-5-19(21(14-17)30-20-6-13-29-16-20)15-25-22(23-3)24-7-8-26-9-11-27(12-10-26)18(2)28;/h4-5,14,20H,6-13,15-16H2,1-3H3,(H2,23,24,25);1H. The number of amides is 1. The monoisotopic (exact) mass is 545 g/mol. The van der Waals surface area contributed by atoms with Gasteiger partial charge in [0, 0.05) is 71.8 Å². The van der Waals surface area contributed by atoms with Crippen LogP contribution in [0, 0.1) is 6.92 Å². The number of ether oxygens (including phenoxy) is 2. The maximum atomic E-state index is 11.4. The maximum Gasteiger partial charge on any atom is 0.219 e. The summed E-state index contributed by atoms with van der Waals surface area (Å²) in [6, 6.07) is 6.30. The minimum atomic E-state index is 0. The predicted octanol–water partition coefficient (Wildman–Crippen LogP) is 1.61. The summed E-state index contributed by atoms with van der Waals surface area (Å²) in [6.45, 7) is 11.0. The third kappa shape index (κ3) is 8.12. The summed E-state index contributed by atoms with van der Waals surface area (Å²) in [6.07, 6.45) is 1.07. The lowest BCUT2D eigenvalue weighted by atomic mass is 10.1. The Hall–Kier alpha value is -1.59. The zero-order valence-electron chi connectivity index (χ0n) is 18.9. The molecule has 174 valence electrons. The highest BCUT2D eigenvalue weighted by Crippen LogP contribution is 2.23. The number of carbonyl (C=O) groups is 1. The molecule has 1 amide bonds. The number of nitrogens with zero attached hydrogens (tertiary/aromatic N) is 3. The number of piperazine rings is 1. The Bertz CT molecular complexity index is 732. The molecule has 3 rings (SSSR count). The Morgan fingerprint density at radius 2 is 2.03 bits per heavy atom. The van der Waals surface area contributed by atoms with Crippen LogP contribution in [0.15, 0.2) is 23.2 Å². The summed E-state index contributed by atoms with van der Waals surface area (Å²) in [7, 11) is 1.78. The van der Waals surface area contributed by atoms with Gasteiger partial charge in [-0.25, -0.2) is 0 Å². The van der Waals surface area contributed by atoms with Crippen LogP contribution in [0.2, 0.25) is 0 Å². The van der Waals surface area contributed by atoms with Gasteiger partial charge in [0.25, 0.3) is 0 Å². The molecule has 0 spiro atoms. The number of rotatable bonds is 7. The summed E-state index contributed by atoms with van der Waals surface area (Å²) in [5, 5.41) is 6.77. The molecule has 31 heavy (non-hydrogen) atoms. The first-order chi connectivity index (χ1) is 14.5. The van der Waals surface area contributed by atoms with Gasteiger partial charge in [-0.1, -0.05) is 12.1 Å². The lowest BCUT2D eigenvalue weighted by Gasteiger charge is -2.34. The van der Waals surface area contributed by atoms with E-state index in [-0.39, 0.29) is 36.0 Å².